The zero-order chi connectivity index (χ0) is 16.9. The van der Waals surface area contributed by atoms with E-state index in [1.165, 1.54) is 32.1 Å². The first-order valence-electron chi connectivity index (χ1n) is 9.05. The third-order valence-corrected chi connectivity index (χ3v) is 4.22. The zero-order valence-corrected chi connectivity index (χ0v) is 14.4. The molecule has 0 radical (unpaired) electrons. The quantitative estimate of drug-likeness (QED) is 0.356. The summed E-state index contributed by atoms with van der Waals surface area (Å²) < 4.78 is 10.9. The highest BCUT2D eigenvalue weighted by atomic mass is 16.6. The highest BCUT2D eigenvalue weighted by Gasteiger charge is 2.40. The molecule has 0 amide bonds. The smallest absolute Gasteiger partial charge is 0.114 e. The van der Waals surface area contributed by atoms with E-state index in [2.05, 4.69) is 19.1 Å². The standard InChI is InChI=1S/C18H34O5/c1-2-3-4-5-6-7-8-9-10-11-12-22-16(13-19)18-17(21)15(20)14-23-18/h8-9,15-21H,2-7,10-14H2,1H3/b9-8+/t15-,16+,17-,18-/m0/s1. The normalized spacial score (nSPS) is 26.2. The van der Waals surface area contributed by atoms with Crippen molar-refractivity contribution in [1.29, 1.82) is 0 Å². The molecule has 23 heavy (non-hydrogen) atoms. The number of aliphatic hydroxyl groups excluding tert-OH is 3. The zero-order valence-electron chi connectivity index (χ0n) is 14.4. The van der Waals surface area contributed by atoms with E-state index in [1.807, 2.05) is 0 Å². The molecule has 5 nitrogen and oxygen atoms in total. The SMILES string of the molecule is CCCCCCC/C=C/CCCO[C@H](CO)[C@@H]1OC[C@H](O)[C@@H]1O. The maximum atomic E-state index is 9.76. The third-order valence-electron chi connectivity index (χ3n) is 4.22. The highest BCUT2D eigenvalue weighted by molar-refractivity contribution is 4.88. The Morgan fingerprint density at radius 2 is 1.78 bits per heavy atom. The molecular formula is C18H34O5. The van der Waals surface area contributed by atoms with Gasteiger partial charge in [-0.1, -0.05) is 44.8 Å². The fourth-order valence-corrected chi connectivity index (χ4v) is 2.74. The molecule has 3 N–H and O–H groups in total. The summed E-state index contributed by atoms with van der Waals surface area (Å²) in [5, 5.41) is 28.6. The molecule has 1 heterocycles. The second-order valence-electron chi connectivity index (χ2n) is 6.26. The summed E-state index contributed by atoms with van der Waals surface area (Å²) in [6, 6.07) is 0. The van der Waals surface area contributed by atoms with Crippen LogP contribution in [-0.2, 0) is 9.47 Å². The van der Waals surface area contributed by atoms with Gasteiger partial charge in [0.1, 0.15) is 24.4 Å². The van der Waals surface area contributed by atoms with E-state index in [4.69, 9.17) is 9.47 Å². The van der Waals surface area contributed by atoms with E-state index in [9.17, 15) is 15.3 Å². The van der Waals surface area contributed by atoms with Crippen molar-refractivity contribution in [2.45, 2.75) is 82.7 Å². The van der Waals surface area contributed by atoms with Gasteiger partial charge in [0.15, 0.2) is 0 Å². The minimum absolute atomic E-state index is 0.0900. The minimum Gasteiger partial charge on any atom is -0.394 e. The number of unbranched alkanes of at least 4 members (excludes halogenated alkanes) is 6. The lowest BCUT2D eigenvalue weighted by Crippen LogP contribution is -2.42. The van der Waals surface area contributed by atoms with Gasteiger partial charge in [-0.3, -0.25) is 0 Å². The second-order valence-corrected chi connectivity index (χ2v) is 6.26. The van der Waals surface area contributed by atoms with Crippen LogP contribution < -0.4 is 0 Å². The largest absolute Gasteiger partial charge is 0.394 e. The van der Waals surface area contributed by atoms with Gasteiger partial charge in [-0.2, -0.15) is 0 Å². The number of hydrogen-bond acceptors (Lipinski definition) is 5. The van der Waals surface area contributed by atoms with Crippen LogP contribution in [0.2, 0.25) is 0 Å². The van der Waals surface area contributed by atoms with Crippen molar-refractivity contribution in [2.24, 2.45) is 0 Å². The lowest BCUT2D eigenvalue weighted by atomic mass is 10.1. The van der Waals surface area contributed by atoms with Gasteiger partial charge in [0.05, 0.1) is 13.2 Å². The molecule has 0 aliphatic carbocycles. The van der Waals surface area contributed by atoms with Crippen molar-refractivity contribution in [3.8, 4) is 0 Å². The van der Waals surface area contributed by atoms with Gasteiger partial charge in [0.25, 0.3) is 0 Å². The molecule has 0 aromatic heterocycles. The van der Waals surface area contributed by atoms with Gasteiger partial charge < -0.3 is 24.8 Å². The van der Waals surface area contributed by atoms with E-state index in [0.717, 1.165) is 19.3 Å². The maximum Gasteiger partial charge on any atom is 0.114 e. The molecule has 4 atom stereocenters. The molecule has 0 aromatic rings. The fourth-order valence-electron chi connectivity index (χ4n) is 2.74. The van der Waals surface area contributed by atoms with E-state index in [0.29, 0.717) is 6.61 Å². The number of hydrogen-bond donors (Lipinski definition) is 3. The Morgan fingerprint density at radius 3 is 2.39 bits per heavy atom. The molecule has 136 valence electrons. The molecule has 1 aliphatic rings. The third kappa shape index (κ3) is 8.27. The van der Waals surface area contributed by atoms with E-state index in [1.54, 1.807) is 0 Å². The minimum atomic E-state index is -0.986. The van der Waals surface area contributed by atoms with Crippen molar-refractivity contribution in [3.05, 3.63) is 12.2 Å². The summed E-state index contributed by atoms with van der Waals surface area (Å²) in [5.41, 5.74) is 0. The predicted molar refractivity (Wildman–Crippen MR) is 90.3 cm³/mol. The van der Waals surface area contributed by atoms with Crippen molar-refractivity contribution in [2.75, 3.05) is 19.8 Å². The Labute approximate surface area is 140 Å². The number of ether oxygens (including phenoxy) is 2. The monoisotopic (exact) mass is 330 g/mol. The van der Waals surface area contributed by atoms with Gasteiger partial charge >= 0.3 is 0 Å². The first-order chi connectivity index (χ1) is 11.2. The van der Waals surface area contributed by atoms with Gasteiger partial charge in [-0.25, -0.2) is 0 Å². The summed E-state index contributed by atoms with van der Waals surface area (Å²) in [6.45, 7) is 2.61. The van der Waals surface area contributed by atoms with Gasteiger partial charge in [0.2, 0.25) is 0 Å². The topological polar surface area (TPSA) is 79.2 Å². The molecule has 0 bridgehead atoms. The van der Waals surface area contributed by atoms with Crippen LogP contribution in [0.4, 0.5) is 0 Å². The molecule has 1 rings (SSSR count). The Morgan fingerprint density at radius 1 is 1.09 bits per heavy atom. The number of rotatable bonds is 13. The Hall–Kier alpha value is -0.460. The first kappa shape index (κ1) is 20.6. The lowest BCUT2D eigenvalue weighted by Gasteiger charge is -2.24. The van der Waals surface area contributed by atoms with Crippen LogP contribution in [-0.4, -0.2) is 59.6 Å². The molecule has 5 heteroatoms. The molecule has 0 aromatic carbocycles. The average molecular weight is 330 g/mol. The molecule has 0 saturated carbocycles. The van der Waals surface area contributed by atoms with Gasteiger partial charge in [-0.05, 0) is 25.7 Å². The van der Waals surface area contributed by atoms with Crippen molar-refractivity contribution in [3.63, 3.8) is 0 Å². The summed E-state index contributed by atoms with van der Waals surface area (Å²) in [6.07, 6.45) is 10.8. The van der Waals surface area contributed by atoms with Crippen molar-refractivity contribution >= 4 is 0 Å². The number of allylic oxidation sites excluding steroid dienone is 2. The molecular weight excluding hydrogens is 296 g/mol. The van der Waals surface area contributed by atoms with Crippen LogP contribution in [0.3, 0.4) is 0 Å². The molecule has 0 unspecified atom stereocenters. The van der Waals surface area contributed by atoms with Crippen molar-refractivity contribution < 1.29 is 24.8 Å². The molecule has 0 spiro atoms. The summed E-state index contributed by atoms with van der Waals surface area (Å²) in [5.74, 6) is 0. The van der Waals surface area contributed by atoms with E-state index >= 15 is 0 Å². The summed E-state index contributed by atoms with van der Waals surface area (Å²) >= 11 is 0. The molecule has 1 aliphatic heterocycles. The lowest BCUT2D eigenvalue weighted by molar-refractivity contribution is -0.101. The van der Waals surface area contributed by atoms with Crippen LogP contribution in [0.5, 0.6) is 0 Å². The van der Waals surface area contributed by atoms with Crippen LogP contribution >= 0.6 is 0 Å². The van der Waals surface area contributed by atoms with Crippen LogP contribution in [0.15, 0.2) is 12.2 Å². The van der Waals surface area contributed by atoms with Crippen LogP contribution in [0.1, 0.15) is 58.3 Å². The van der Waals surface area contributed by atoms with Gasteiger partial charge in [0, 0.05) is 6.61 Å². The summed E-state index contributed by atoms with van der Waals surface area (Å²) in [7, 11) is 0. The van der Waals surface area contributed by atoms with Crippen LogP contribution in [0.25, 0.3) is 0 Å². The number of aliphatic hydroxyl groups is 3. The molecule has 1 saturated heterocycles. The highest BCUT2D eigenvalue weighted by Crippen LogP contribution is 2.19. The average Bonchev–Trinajstić information content (AvgIpc) is 2.88. The van der Waals surface area contributed by atoms with E-state index in [-0.39, 0.29) is 13.2 Å². The molecule has 1 fully saturated rings. The van der Waals surface area contributed by atoms with Gasteiger partial charge in [-0.15, -0.1) is 0 Å². The Balaban J connectivity index is 2.02. The second kappa shape index (κ2) is 12.9. The predicted octanol–water partition coefficient (Wildman–Crippen LogP) is 2.18. The maximum absolute atomic E-state index is 9.76. The van der Waals surface area contributed by atoms with Crippen molar-refractivity contribution in [1.82, 2.24) is 0 Å². The Bertz CT molecular complexity index is 308. The van der Waals surface area contributed by atoms with E-state index < -0.39 is 24.4 Å². The fraction of sp³-hybridized carbons (Fsp3) is 0.889. The van der Waals surface area contributed by atoms with Crippen LogP contribution in [0, 0.1) is 0 Å². The first-order valence-corrected chi connectivity index (χ1v) is 9.05. The summed E-state index contributed by atoms with van der Waals surface area (Å²) in [4.78, 5) is 0. The Kier molecular flexibility index (Phi) is 11.5.